The molecule has 2 aromatic rings. The predicted molar refractivity (Wildman–Crippen MR) is 99.4 cm³/mol. The first-order valence-corrected chi connectivity index (χ1v) is 9.39. The van der Waals surface area contributed by atoms with Crippen LogP contribution in [0.15, 0.2) is 48.5 Å². The van der Waals surface area contributed by atoms with E-state index in [-0.39, 0.29) is 12.2 Å². The third-order valence-electron chi connectivity index (χ3n) is 3.89. The number of nitrogens with one attached hydrogen (secondary N) is 1. The molecule has 0 aliphatic rings. The molecular formula is C18H22FN3O3S. The Labute approximate surface area is 153 Å². The van der Waals surface area contributed by atoms with Crippen molar-refractivity contribution >= 4 is 21.8 Å². The lowest BCUT2D eigenvalue weighted by atomic mass is 10.1. The number of halogens is 1. The van der Waals surface area contributed by atoms with Crippen molar-refractivity contribution < 1.29 is 17.6 Å². The lowest BCUT2D eigenvalue weighted by Gasteiger charge is -2.27. The molecule has 1 N–H and O–H groups in total. The monoisotopic (exact) mass is 379 g/mol. The summed E-state index contributed by atoms with van der Waals surface area (Å²) in [4.78, 5) is 12.3. The number of anilines is 1. The molecule has 0 aliphatic heterocycles. The summed E-state index contributed by atoms with van der Waals surface area (Å²) in [6.07, 6.45) is 0. The summed E-state index contributed by atoms with van der Waals surface area (Å²) in [5.74, 6) is -1.24. The van der Waals surface area contributed by atoms with Gasteiger partial charge in [0.25, 0.3) is 0 Å². The van der Waals surface area contributed by atoms with Gasteiger partial charge in [-0.05, 0) is 30.2 Å². The van der Waals surface area contributed by atoms with Gasteiger partial charge in [-0.15, -0.1) is 0 Å². The maximum Gasteiger partial charge on any atom is 0.304 e. The predicted octanol–water partition coefficient (Wildman–Crippen LogP) is 2.06. The van der Waals surface area contributed by atoms with Gasteiger partial charge in [-0.3, -0.25) is 4.79 Å². The molecule has 0 unspecified atom stereocenters. The molecule has 0 spiro atoms. The third kappa shape index (κ3) is 4.59. The molecule has 26 heavy (non-hydrogen) atoms. The zero-order valence-electron chi connectivity index (χ0n) is 14.9. The minimum atomic E-state index is -4.03. The Morgan fingerprint density at radius 2 is 1.69 bits per heavy atom. The number of aryl methyl sites for hydroxylation is 1. The number of nitrogens with zero attached hydrogens (tertiary/aromatic N) is 2. The summed E-state index contributed by atoms with van der Waals surface area (Å²) in [7, 11) is -1.38. The summed E-state index contributed by atoms with van der Waals surface area (Å²) in [5.41, 5.74) is 1.76. The molecule has 6 nitrogen and oxygen atoms in total. The van der Waals surface area contributed by atoms with Crippen LogP contribution in [-0.4, -0.2) is 39.3 Å². The largest absolute Gasteiger partial charge is 0.350 e. The lowest BCUT2D eigenvalue weighted by molar-refractivity contribution is -0.119. The first-order chi connectivity index (χ1) is 12.2. The molecule has 0 saturated carbocycles. The highest BCUT2D eigenvalue weighted by Crippen LogP contribution is 2.22. The highest BCUT2D eigenvalue weighted by molar-refractivity contribution is 7.90. The highest BCUT2D eigenvalue weighted by atomic mass is 32.2. The van der Waals surface area contributed by atoms with Crippen LogP contribution in [0.2, 0.25) is 0 Å². The topological polar surface area (TPSA) is 69.7 Å². The Kier molecular flexibility index (Phi) is 6.33. The van der Waals surface area contributed by atoms with Gasteiger partial charge in [0.1, 0.15) is 12.4 Å². The van der Waals surface area contributed by atoms with Crippen molar-refractivity contribution in [2.45, 2.75) is 13.5 Å². The molecule has 0 bridgehead atoms. The zero-order chi connectivity index (χ0) is 19.3. The van der Waals surface area contributed by atoms with Crippen molar-refractivity contribution in [3.63, 3.8) is 0 Å². The molecule has 0 heterocycles. The Bertz CT molecular complexity index is 885. The molecule has 0 atom stereocenters. The van der Waals surface area contributed by atoms with Crippen molar-refractivity contribution in [2.24, 2.45) is 0 Å². The molecule has 0 radical (unpaired) electrons. The van der Waals surface area contributed by atoms with E-state index in [0.717, 1.165) is 25.8 Å². The Morgan fingerprint density at radius 3 is 2.31 bits per heavy atom. The van der Waals surface area contributed by atoms with Gasteiger partial charge in [0, 0.05) is 20.6 Å². The Hall–Kier alpha value is -2.45. The van der Waals surface area contributed by atoms with Crippen molar-refractivity contribution in [2.75, 3.05) is 24.9 Å². The number of hydrogen-bond acceptors (Lipinski definition) is 3. The number of carbonyl (C=O) groups excluding carboxylic acids is 1. The van der Waals surface area contributed by atoms with E-state index >= 15 is 0 Å². The van der Waals surface area contributed by atoms with Crippen LogP contribution in [0.4, 0.5) is 10.1 Å². The second-order valence-electron chi connectivity index (χ2n) is 5.95. The second-order valence-corrected chi connectivity index (χ2v) is 8.02. The first-order valence-electron chi connectivity index (χ1n) is 7.99. The van der Waals surface area contributed by atoms with Crippen LogP contribution in [0, 0.1) is 12.7 Å². The summed E-state index contributed by atoms with van der Waals surface area (Å²) in [6.45, 7) is 1.66. The maximum atomic E-state index is 14.1. The summed E-state index contributed by atoms with van der Waals surface area (Å²) in [5, 5.41) is 2.68. The van der Waals surface area contributed by atoms with Crippen LogP contribution in [0.25, 0.3) is 0 Å². The molecule has 0 aliphatic carbocycles. The van der Waals surface area contributed by atoms with E-state index in [1.807, 2.05) is 31.2 Å². The van der Waals surface area contributed by atoms with E-state index in [2.05, 4.69) is 5.32 Å². The van der Waals surface area contributed by atoms with Crippen LogP contribution < -0.4 is 9.62 Å². The summed E-state index contributed by atoms with van der Waals surface area (Å²) < 4.78 is 40.9. The molecule has 0 saturated heterocycles. The summed E-state index contributed by atoms with van der Waals surface area (Å²) in [6, 6.07) is 13.0. The highest BCUT2D eigenvalue weighted by Gasteiger charge is 2.29. The second kappa shape index (κ2) is 8.29. The molecular weight excluding hydrogens is 357 g/mol. The number of rotatable bonds is 7. The molecule has 140 valence electrons. The van der Waals surface area contributed by atoms with Crippen LogP contribution >= 0.6 is 0 Å². The average molecular weight is 379 g/mol. The quantitative estimate of drug-likeness (QED) is 0.801. The number of hydrogen-bond donors (Lipinski definition) is 1. The standard InChI is InChI=1S/C18H22FN3O3S/c1-14-8-4-5-9-15(14)12-20-18(23)13-22(26(24,25)21(2)3)17-11-7-6-10-16(17)19/h4-11H,12-13H2,1-3H3,(H,20,23). The zero-order valence-corrected chi connectivity index (χ0v) is 15.8. The Morgan fingerprint density at radius 1 is 1.08 bits per heavy atom. The molecule has 2 aromatic carbocycles. The Balaban J connectivity index is 2.21. The van der Waals surface area contributed by atoms with Crippen LogP contribution in [0.1, 0.15) is 11.1 Å². The van der Waals surface area contributed by atoms with Gasteiger partial charge < -0.3 is 5.32 Å². The van der Waals surface area contributed by atoms with Crippen molar-refractivity contribution in [3.05, 3.63) is 65.5 Å². The van der Waals surface area contributed by atoms with E-state index in [1.54, 1.807) is 0 Å². The smallest absolute Gasteiger partial charge is 0.304 e. The maximum absolute atomic E-state index is 14.1. The first kappa shape index (κ1) is 19.9. The number of amides is 1. The number of benzene rings is 2. The third-order valence-corrected chi connectivity index (χ3v) is 5.69. The van der Waals surface area contributed by atoms with Crippen molar-refractivity contribution in [3.8, 4) is 0 Å². The fourth-order valence-electron chi connectivity index (χ4n) is 2.33. The molecule has 1 amide bonds. The van der Waals surface area contributed by atoms with Gasteiger partial charge >= 0.3 is 10.2 Å². The number of carbonyl (C=O) groups is 1. The van der Waals surface area contributed by atoms with Gasteiger partial charge in [-0.25, -0.2) is 8.70 Å². The van der Waals surface area contributed by atoms with Gasteiger partial charge in [-0.1, -0.05) is 36.4 Å². The normalized spacial score (nSPS) is 11.4. The molecule has 2 rings (SSSR count). The van der Waals surface area contributed by atoms with Crippen LogP contribution in [-0.2, 0) is 21.5 Å². The van der Waals surface area contributed by atoms with Crippen molar-refractivity contribution in [1.29, 1.82) is 0 Å². The van der Waals surface area contributed by atoms with E-state index in [9.17, 15) is 17.6 Å². The molecule has 8 heteroatoms. The van der Waals surface area contributed by atoms with E-state index in [1.165, 1.54) is 32.3 Å². The van der Waals surface area contributed by atoms with E-state index in [0.29, 0.717) is 0 Å². The minimum absolute atomic E-state index is 0.174. The SMILES string of the molecule is Cc1ccccc1CNC(=O)CN(c1ccccc1F)S(=O)(=O)N(C)C. The number of para-hydroxylation sites is 1. The average Bonchev–Trinajstić information content (AvgIpc) is 2.59. The summed E-state index contributed by atoms with van der Waals surface area (Å²) >= 11 is 0. The van der Waals surface area contributed by atoms with Gasteiger partial charge in [-0.2, -0.15) is 12.7 Å². The van der Waals surface area contributed by atoms with E-state index < -0.39 is 28.5 Å². The van der Waals surface area contributed by atoms with Gasteiger partial charge in [0.15, 0.2) is 0 Å². The van der Waals surface area contributed by atoms with Crippen LogP contribution in [0.5, 0.6) is 0 Å². The molecule has 0 aromatic heterocycles. The lowest BCUT2D eigenvalue weighted by Crippen LogP contribution is -2.46. The fourth-order valence-corrected chi connectivity index (χ4v) is 3.40. The van der Waals surface area contributed by atoms with Crippen LogP contribution in [0.3, 0.4) is 0 Å². The molecule has 0 fully saturated rings. The van der Waals surface area contributed by atoms with E-state index in [4.69, 9.17) is 0 Å². The van der Waals surface area contributed by atoms with Gasteiger partial charge in [0.2, 0.25) is 5.91 Å². The fraction of sp³-hybridized carbons (Fsp3) is 0.278. The van der Waals surface area contributed by atoms with Crippen molar-refractivity contribution in [1.82, 2.24) is 9.62 Å². The minimum Gasteiger partial charge on any atom is -0.350 e. The van der Waals surface area contributed by atoms with Gasteiger partial charge in [0.05, 0.1) is 5.69 Å².